The van der Waals surface area contributed by atoms with Gasteiger partial charge in [-0.2, -0.15) is 9.90 Å². The summed E-state index contributed by atoms with van der Waals surface area (Å²) in [4.78, 5) is 31.0. The molecule has 0 unspecified atom stereocenters. The van der Waals surface area contributed by atoms with Crippen molar-refractivity contribution in [2.45, 2.75) is 13.5 Å². The zero-order valence-electron chi connectivity index (χ0n) is 20.4. The molecular formula is C25H17BrCl2FN9O2. The highest BCUT2D eigenvalue weighted by Gasteiger charge is 2.23. The first-order valence-corrected chi connectivity index (χ1v) is 13.0. The molecule has 3 N–H and O–H groups in total. The zero-order valence-corrected chi connectivity index (χ0v) is 23.5. The second-order valence-corrected chi connectivity index (χ2v) is 10.2. The smallest absolute Gasteiger partial charge is 0.274 e. The van der Waals surface area contributed by atoms with Crippen LogP contribution in [0.25, 0.3) is 17.2 Å². The number of anilines is 1. The number of pyridine rings is 1. The number of nitrogens with two attached hydrogens (primary N) is 1. The summed E-state index contributed by atoms with van der Waals surface area (Å²) in [7, 11) is 0. The van der Waals surface area contributed by atoms with E-state index in [9.17, 15) is 14.0 Å². The SMILES string of the molecule is Cc1cc(Cl)cc(C(N)=O)c1NC(=O)c1cc(Cn2nnc(-c3cc(Br)ccc3F)n2)nn1-c1ncccc1Cl. The summed E-state index contributed by atoms with van der Waals surface area (Å²) in [6.07, 6.45) is 1.50. The molecule has 0 saturated heterocycles. The van der Waals surface area contributed by atoms with Crippen LogP contribution in [0.4, 0.5) is 10.1 Å². The second kappa shape index (κ2) is 11.1. The molecule has 0 saturated carbocycles. The van der Waals surface area contributed by atoms with Gasteiger partial charge in [0, 0.05) is 15.7 Å². The molecule has 0 spiro atoms. The molecule has 0 bridgehead atoms. The molecule has 202 valence electrons. The van der Waals surface area contributed by atoms with Gasteiger partial charge in [-0.15, -0.1) is 10.2 Å². The quantitative estimate of drug-likeness (QED) is 0.258. The van der Waals surface area contributed by atoms with Crippen molar-refractivity contribution < 1.29 is 14.0 Å². The van der Waals surface area contributed by atoms with Gasteiger partial charge in [0.25, 0.3) is 11.8 Å². The normalized spacial score (nSPS) is 11.0. The number of halogens is 4. The van der Waals surface area contributed by atoms with Gasteiger partial charge in [0.2, 0.25) is 5.82 Å². The average Bonchev–Trinajstić information content (AvgIpc) is 3.54. The number of benzene rings is 2. The van der Waals surface area contributed by atoms with E-state index >= 15 is 0 Å². The number of primary amides is 1. The van der Waals surface area contributed by atoms with E-state index in [0.29, 0.717) is 20.8 Å². The van der Waals surface area contributed by atoms with Crippen molar-refractivity contribution in [3.63, 3.8) is 0 Å². The predicted molar refractivity (Wildman–Crippen MR) is 149 cm³/mol. The molecule has 11 nitrogen and oxygen atoms in total. The third-order valence-corrected chi connectivity index (χ3v) is 6.67. The lowest BCUT2D eigenvalue weighted by atomic mass is 10.1. The molecule has 5 rings (SSSR count). The monoisotopic (exact) mass is 643 g/mol. The lowest BCUT2D eigenvalue weighted by Gasteiger charge is -2.13. The minimum absolute atomic E-state index is 0.0210. The fourth-order valence-corrected chi connectivity index (χ4v) is 4.71. The summed E-state index contributed by atoms with van der Waals surface area (Å²) in [5, 5.41) is 19.9. The molecule has 0 aliphatic carbocycles. The summed E-state index contributed by atoms with van der Waals surface area (Å²) in [5.41, 5.74) is 6.82. The summed E-state index contributed by atoms with van der Waals surface area (Å²) < 4.78 is 16.2. The lowest BCUT2D eigenvalue weighted by molar-refractivity contribution is 0.100. The number of carbonyl (C=O) groups is 2. The second-order valence-electron chi connectivity index (χ2n) is 8.47. The molecule has 0 fully saturated rings. The van der Waals surface area contributed by atoms with Crippen molar-refractivity contribution in [3.8, 4) is 17.2 Å². The topological polar surface area (TPSA) is 146 Å². The number of amides is 2. The number of nitrogens with one attached hydrogen (secondary N) is 1. The summed E-state index contributed by atoms with van der Waals surface area (Å²) in [6, 6.07) is 12.1. The first-order chi connectivity index (χ1) is 19.1. The number of carbonyl (C=O) groups excluding carboxylic acids is 2. The van der Waals surface area contributed by atoms with Crippen LogP contribution in [0.5, 0.6) is 0 Å². The van der Waals surface area contributed by atoms with E-state index in [1.165, 1.54) is 39.9 Å². The maximum absolute atomic E-state index is 14.3. The fraction of sp³-hybridized carbons (Fsp3) is 0.0800. The van der Waals surface area contributed by atoms with Crippen LogP contribution >= 0.6 is 39.1 Å². The maximum atomic E-state index is 14.3. The van der Waals surface area contributed by atoms with Crippen LogP contribution in [-0.4, -0.2) is 46.8 Å². The highest BCUT2D eigenvalue weighted by molar-refractivity contribution is 9.10. The Labute approximate surface area is 244 Å². The molecule has 3 heterocycles. The van der Waals surface area contributed by atoms with E-state index in [2.05, 4.69) is 46.7 Å². The van der Waals surface area contributed by atoms with Crippen LogP contribution in [0.1, 0.15) is 32.1 Å². The van der Waals surface area contributed by atoms with Crippen LogP contribution in [-0.2, 0) is 6.54 Å². The van der Waals surface area contributed by atoms with Crippen LogP contribution in [0.3, 0.4) is 0 Å². The van der Waals surface area contributed by atoms with Gasteiger partial charge in [0.05, 0.1) is 27.5 Å². The molecule has 3 aromatic heterocycles. The number of aryl methyl sites for hydroxylation is 1. The molecule has 15 heteroatoms. The molecule has 0 aliphatic heterocycles. The van der Waals surface area contributed by atoms with Crippen LogP contribution in [0, 0.1) is 12.7 Å². The van der Waals surface area contributed by atoms with Gasteiger partial charge in [0.1, 0.15) is 18.1 Å². The first kappa shape index (κ1) is 27.4. The maximum Gasteiger partial charge on any atom is 0.274 e. The van der Waals surface area contributed by atoms with Crippen molar-refractivity contribution in [1.82, 2.24) is 35.0 Å². The summed E-state index contributed by atoms with van der Waals surface area (Å²) >= 11 is 15.7. The van der Waals surface area contributed by atoms with Crippen LogP contribution in [0.15, 0.2) is 59.2 Å². The number of nitrogens with zero attached hydrogens (tertiary/aromatic N) is 7. The first-order valence-electron chi connectivity index (χ1n) is 11.4. The van der Waals surface area contributed by atoms with Gasteiger partial charge in [-0.25, -0.2) is 14.1 Å². The highest BCUT2D eigenvalue weighted by Crippen LogP contribution is 2.27. The van der Waals surface area contributed by atoms with Crippen LogP contribution < -0.4 is 11.1 Å². The molecule has 5 aromatic rings. The summed E-state index contributed by atoms with van der Waals surface area (Å²) in [5.74, 6) is -1.65. The molecule has 0 atom stereocenters. The number of aromatic nitrogens is 7. The van der Waals surface area contributed by atoms with Gasteiger partial charge in [-0.05, 0) is 66.2 Å². The van der Waals surface area contributed by atoms with Crippen molar-refractivity contribution in [1.29, 1.82) is 0 Å². The minimum Gasteiger partial charge on any atom is -0.366 e. The van der Waals surface area contributed by atoms with Gasteiger partial charge < -0.3 is 11.1 Å². The van der Waals surface area contributed by atoms with E-state index in [1.54, 1.807) is 31.2 Å². The van der Waals surface area contributed by atoms with Crippen molar-refractivity contribution in [2.24, 2.45) is 5.73 Å². The third-order valence-electron chi connectivity index (χ3n) is 5.66. The van der Waals surface area contributed by atoms with E-state index in [-0.39, 0.29) is 45.7 Å². The molecular weight excluding hydrogens is 628 g/mol. The molecule has 2 aromatic carbocycles. The van der Waals surface area contributed by atoms with Crippen molar-refractivity contribution >= 4 is 56.6 Å². The van der Waals surface area contributed by atoms with Crippen molar-refractivity contribution in [3.05, 3.63) is 97.6 Å². The third kappa shape index (κ3) is 5.57. The minimum atomic E-state index is -0.766. The zero-order chi connectivity index (χ0) is 28.6. The van der Waals surface area contributed by atoms with Crippen molar-refractivity contribution in [2.75, 3.05) is 5.32 Å². The largest absolute Gasteiger partial charge is 0.366 e. The van der Waals surface area contributed by atoms with Gasteiger partial charge in [0.15, 0.2) is 5.82 Å². The Bertz CT molecular complexity index is 1790. The van der Waals surface area contributed by atoms with Gasteiger partial charge in [-0.1, -0.05) is 39.1 Å². The molecule has 2 amide bonds. The van der Waals surface area contributed by atoms with E-state index in [0.717, 1.165) is 0 Å². The Kier molecular flexibility index (Phi) is 7.61. The Morgan fingerprint density at radius 2 is 1.93 bits per heavy atom. The standard InChI is InChI=1S/C25H17BrCl2FN9O2/c1-12-7-14(27)9-17(22(30)39)21(12)32-25(40)20-10-15(34-38(20)24-18(28)3-2-6-31-24)11-37-35-23(33-36-37)16-8-13(26)4-5-19(16)29/h2-10H,11H2,1H3,(H2,30,39)(H,32,40). The Morgan fingerprint density at radius 3 is 2.67 bits per heavy atom. The lowest BCUT2D eigenvalue weighted by Crippen LogP contribution is -2.21. The molecule has 40 heavy (non-hydrogen) atoms. The number of hydrogen-bond acceptors (Lipinski definition) is 7. The Balaban J connectivity index is 1.52. The molecule has 0 aliphatic rings. The number of tetrazole rings is 1. The fourth-order valence-electron chi connectivity index (χ4n) is 3.88. The van der Waals surface area contributed by atoms with Crippen LogP contribution in [0.2, 0.25) is 10.0 Å². The Hall–Kier alpha value is -4.20. The van der Waals surface area contributed by atoms with E-state index < -0.39 is 17.6 Å². The highest BCUT2D eigenvalue weighted by atomic mass is 79.9. The average molecular weight is 645 g/mol. The molecule has 0 radical (unpaired) electrons. The van der Waals surface area contributed by atoms with Gasteiger partial charge >= 0.3 is 0 Å². The number of hydrogen-bond donors (Lipinski definition) is 2. The van der Waals surface area contributed by atoms with E-state index in [1.807, 2.05) is 0 Å². The van der Waals surface area contributed by atoms with E-state index in [4.69, 9.17) is 28.9 Å². The van der Waals surface area contributed by atoms with Gasteiger partial charge in [-0.3, -0.25) is 9.59 Å². The number of rotatable bonds is 7. The summed E-state index contributed by atoms with van der Waals surface area (Å²) in [6.45, 7) is 1.65. The predicted octanol–water partition coefficient (Wildman–Crippen LogP) is 4.84. The Morgan fingerprint density at radius 1 is 1.12 bits per heavy atom.